The summed E-state index contributed by atoms with van der Waals surface area (Å²) < 4.78 is 30.9. The van der Waals surface area contributed by atoms with Gasteiger partial charge in [-0.25, -0.2) is 13.2 Å². The summed E-state index contributed by atoms with van der Waals surface area (Å²) in [7, 11) is -3.49. The first-order valence-electron chi connectivity index (χ1n) is 10.7. The van der Waals surface area contributed by atoms with Gasteiger partial charge in [-0.05, 0) is 48.3 Å². The zero-order valence-corrected chi connectivity index (χ0v) is 19.6. The highest BCUT2D eigenvalue weighted by atomic mass is 32.2. The Balaban J connectivity index is 1.41. The summed E-state index contributed by atoms with van der Waals surface area (Å²) >= 11 is 1.13. The van der Waals surface area contributed by atoms with Crippen molar-refractivity contribution in [3.63, 3.8) is 0 Å². The smallest absolute Gasteiger partial charge is 0.324 e. The number of aromatic nitrogens is 1. The van der Waals surface area contributed by atoms with Crippen LogP contribution in [0.1, 0.15) is 25.3 Å². The van der Waals surface area contributed by atoms with E-state index in [0.29, 0.717) is 44.2 Å². The number of nitrogens with zero attached hydrogens (tertiary/aromatic N) is 4. The number of urea groups is 1. The molecule has 172 valence electrons. The third kappa shape index (κ3) is 4.64. The van der Waals surface area contributed by atoms with Crippen molar-refractivity contribution in [3.8, 4) is 0 Å². The molecule has 1 unspecified atom stereocenters. The molecule has 9 nitrogen and oxygen atoms in total. The van der Waals surface area contributed by atoms with Crippen LogP contribution in [0.2, 0.25) is 0 Å². The molecular formula is C21H28N6O3S2. The van der Waals surface area contributed by atoms with Crippen molar-refractivity contribution >= 4 is 39.1 Å². The quantitative estimate of drug-likeness (QED) is 0.489. The summed E-state index contributed by atoms with van der Waals surface area (Å²) in [6, 6.07) is 7.16. The van der Waals surface area contributed by atoms with Crippen molar-refractivity contribution in [2.45, 2.75) is 24.7 Å². The number of nitrogens with two attached hydrogens (primary N) is 1. The number of carbonyl (C=O) groups is 1. The van der Waals surface area contributed by atoms with Gasteiger partial charge in [-0.1, -0.05) is 19.1 Å². The van der Waals surface area contributed by atoms with Crippen LogP contribution in [0.25, 0.3) is 0 Å². The molecule has 4 rings (SSSR count). The summed E-state index contributed by atoms with van der Waals surface area (Å²) in [6.45, 7) is 4.92. The summed E-state index contributed by atoms with van der Waals surface area (Å²) in [5.41, 5.74) is 6.95. The number of nitrogens with one attached hydrogen (secondary N) is 1. The Morgan fingerprint density at radius 3 is 2.69 bits per heavy atom. The van der Waals surface area contributed by atoms with Gasteiger partial charge in [0.15, 0.2) is 0 Å². The first-order chi connectivity index (χ1) is 15.3. The molecule has 3 heterocycles. The summed E-state index contributed by atoms with van der Waals surface area (Å²) in [5, 5.41) is 9.23. The second-order valence-corrected chi connectivity index (χ2v) is 11.2. The fourth-order valence-electron chi connectivity index (χ4n) is 4.40. The third-order valence-corrected chi connectivity index (χ3v) is 8.70. The minimum Gasteiger partial charge on any atom is -0.384 e. The summed E-state index contributed by atoms with van der Waals surface area (Å²) in [4.78, 5) is 17.1. The lowest BCUT2D eigenvalue weighted by Gasteiger charge is -2.41. The Bertz CT molecular complexity index is 1080. The number of amides is 2. The molecule has 0 bridgehead atoms. The second-order valence-electron chi connectivity index (χ2n) is 8.57. The first kappa shape index (κ1) is 22.7. The van der Waals surface area contributed by atoms with Crippen LogP contribution >= 0.6 is 11.5 Å². The Morgan fingerprint density at radius 2 is 2.03 bits per heavy atom. The highest BCUT2D eigenvalue weighted by Gasteiger charge is 2.35. The molecule has 2 aliphatic rings. The molecular weight excluding hydrogens is 448 g/mol. The predicted molar refractivity (Wildman–Crippen MR) is 125 cm³/mol. The molecule has 2 saturated heterocycles. The molecule has 1 aromatic heterocycles. The first-order valence-corrected chi connectivity index (χ1v) is 12.9. The lowest BCUT2D eigenvalue weighted by atomic mass is 9.96. The van der Waals surface area contributed by atoms with Gasteiger partial charge < -0.3 is 10.6 Å². The van der Waals surface area contributed by atoms with Crippen molar-refractivity contribution in [1.29, 1.82) is 5.41 Å². The van der Waals surface area contributed by atoms with Crippen molar-refractivity contribution in [2.75, 3.05) is 37.6 Å². The number of piperidine rings is 1. The van der Waals surface area contributed by atoms with E-state index in [9.17, 15) is 13.2 Å². The van der Waals surface area contributed by atoms with E-state index in [4.69, 9.17) is 11.1 Å². The van der Waals surface area contributed by atoms with Gasteiger partial charge in [0.1, 0.15) is 10.7 Å². The molecule has 0 spiro atoms. The van der Waals surface area contributed by atoms with E-state index >= 15 is 0 Å². The van der Waals surface area contributed by atoms with Gasteiger partial charge in [0.05, 0.1) is 6.20 Å². The number of carbonyl (C=O) groups excluding carboxylic acids is 1. The number of amidine groups is 1. The molecule has 2 fully saturated rings. The molecule has 3 N–H and O–H groups in total. The third-order valence-electron chi connectivity index (χ3n) is 6.10. The lowest BCUT2D eigenvalue weighted by Crippen LogP contribution is -2.55. The lowest BCUT2D eigenvalue weighted by molar-refractivity contribution is 0.154. The molecule has 0 radical (unpaired) electrons. The van der Waals surface area contributed by atoms with Crippen LogP contribution in [0.4, 0.5) is 10.5 Å². The zero-order valence-electron chi connectivity index (χ0n) is 18.0. The maximum absolute atomic E-state index is 13.3. The molecule has 2 amide bonds. The molecule has 0 aliphatic carbocycles. The normalized spacial score (nSPS) is 21.2. The number of rotatable bonds is 6. The van der Waals surface area contributed by atoms with E-state index in [1.807, 2.05) is 17.0 Å². The van der Waals surface area contributed by atoms with Gasteiger partial charge in [0.25, 0.3) is 0 Å². The van der Waals surface area contributed by atoms with Crippen LogP contribution in [-0.2, 0) is 10.0 Å². The van der Waals surface area contributed by atoms with Crippen LogP contribution in [0.15, 0.2) is 40.7 Å². The maximum Gasteiger partial charge on any atom is 0.324 e. The van der Waals surface area contributed by atoms with E-state index in [1.165, 1.54) is 10.5 Å². The maximum atomic E-state index is 13.3. The average Bonchev–Trinajstić information content (AvgIpc) is 3.32. The van der Waals surface area contributed by atoms with Gasteiger partial charge in [-0.3, -0.25) is 10.3 Å². The highest BCUT2D eigenvalue weighted by Crippen LogP contribution is 2.28. The van der Waals surface area contributed by atoms with Crippen LogP contribution < -0.4 is 10.6 Å². The number of benzene rings is 1. The Kier molecular flexibility index (Phi) is 6.50. The van der Waals surface area contributed by atoms with Gasteiger partial charge in [-0.2, -0.15) is 8.68 Å². The monoisotopic (exact) mass is 476 g/mol. The van der Waals surface area contributed by atoms with Crippen molar-refractivity contribution in [2.24, 2.45) is 17.6 Å². The van der Waals surface area contributed by atoms with Gasteiger partial charge in [0, 0.05) is 49.4 Å². The van der Waals surface area contributed by atoms with Crippen molar-refractivity contribution in [3.05, 3.63) is 41.4 Å². The number of hydrogen-bond acceptors (Lipinski definition) is 6. The van der Waals surface area contributed by atoms with Crippen molar-refractivity contribution < 1.29 is 13.2 Å². The number of hydrogen-bond donors (Lipinski definition) is 2. The van der Waals surface area contributed by atoms with E-state index in [-0.39, 0.29) is 22.7 Å². The van der Waals surface area contributed by atoms with Gasteiger partial charge in [0.2, 0.25) is 10.0 Å². The molecule has 11 heteroatoms. The molecule has 32 heavy (non-hydrogen) atoms. The van der Waals surface area contributed by atoms with E-state index in [2.05, 4.69) is 11.3 Å². The molecule has 1 aromatic carbocycles. The predicted octanol–water partition coefficient (Wildman–Crippen LogP) is 2.41. The van der Waals surface area contributed by atoms with Crippen LogP contribution in [0.3, 0.4) is 0 Å². The standard InChI is InChI=1S/C21H28N6O3S2/c1-15-11-25(21(28)27(12-15)18-4-2-3-17(9-18)20(22)23)13-16-5-7-26(8-6-16)32(29,30)19-10-24-31-14-19/h2-4,9-10,14-16H,5-8,11-13H2,1H3,(H3,22,23). The number of sulfonamides is 1. The largest absolute Gasteiger partial charge is 0.384 e. The summed E-state index contributed by atoms with van der Waals surface area (Å²) in [6.07, 6.45) is 2.83. The number of anilines is 1. The Hall–Kier alpha value is -2.50. The summed E-state index contributed by atoms with van der Waals surface area (Å²) in [5.74, 6) is 0.517. The molecule has 0 saturated carbocycles. The molecule has 2 aliphatic heterocycles. The topological polar surface area (TPSA) is 124 Å². The fourth-order valence-corrected chi connectivity index (χ4v) is 6.66. The zero-order chi connectivity index (χ0) is 22.9. The minimum atomic E-state index is -3.49. The Morgan fingerprint density at radius 1 is 1.28 bits per heavy atom. The van der Waals surface area contributed by atoms with Crippen LogP contribution in [0, 0.1) is 17.2 Å². The van der Waals surface area contributed by atoms with Gasteiger partial charge in [-0.15, -0.1) is 0 Å². The SMILES string of the molecule is CC1CN(CC2CCN(S(=O)(=O)c3cnsc3)CC2)C(=O)N(c2cccc(C(=N)N)c2)C1. The van der Waals surface area contributed by atoms with E-state index in [1.54, 1.807) is 22.4 Å². The average molecular weight is 477 g/mol. The number of nitrogen functional groups attached to an aromatic ring is 1. The molecule has 2 aromatic rings. The Labute approximate surface area is 192 Å². The highest BCUT2D eigenvalue weighted by molar-refractivity contribution is 7.89. The van der Waals surface area contributed by atoms with Gasteiger partial charge >= 0.3 is 6.03 Å². The fraction of sp³-hybridized carbons (Fsp3) is 0.476. The van der Waals surface area contributed by atoms with Crippen molar-refractivity contribution in [1.82, 2.24) is 13.6 Å². The minimum absolute atomic E-state index is 0.0267. The molecule has 1 atom stereocenters. The van der Waals surface area contributed by atoms with Crippen LogP contribution in [0.5, 0.6) is 0 Å². The second kappa shape index (κ2) is 9.16. The van der Waals surface area contributed by atoms with Crippen LogP contribution in [-0.4, -0.2) is 66.6 Å². The van der Waals surface area contributed by atoms with E-state index in [0.717, 1.165) is 30.1 Å². The van der Waals surface area contributed by atoms with E-state index < -0.39 is 10.0 Å².